The zero-order valence-corrected chi connectivity index (χ0v) is 20.5. The third-order valence-corrected chi connectivity index (χ3v) is 7.03. The van der Waals surface area contributed by atoms with Crippen LogP contribution < -0.4 is 0 Å². The Labute approximate surface area is 170 Å². The van der Waals surface area contributed by atoms with Gasteiger partial charge in [-0.25, -0.2) is 0 Å². The first-order valence-corrected chi connectivity index (χ1v) is 11.1. The number of esters is 1. The monoisotopic (exact) mass is 380 g/mol. The lowest BCUT2D eigenvalue weighted by molar-refractivity contribution is -0.171. The molecule has 2 nitrogen and oxygen atoms in total. The fourth-order valence-corrected chi connectivity index (χ4v) is 4.68. The Morgan fingerprint density at radius 1 is 0.815 bits per heavy atom. The minimum Gasteiger partial charge on any atom is -0.462 e. The molecule has 1 saturated carbocycles. The van der Waals surface area contributed by atoms with Gasteiger partial charge in [0.1, 0.15) is 6.10 Å². The molecule has 0 heterocycles. The Kier molecular flexibility index (Phi) is 7.33. The van der Waals surface area contributed by atoms with Crippen LogP contribution in [-0.2, 0) is 9.53 Å². The second-order valence-corrected chi connectivity index (χ2v) is 13.2. The standard InChI is InChI=1S/C25H48O2/c1-17(2)25(12,16-22(3,4)5)21(26)27-20-14-18(23(6,7)8)13-19(15-20)24(9,10)11/h17-20H,13-16H2,1-12H3. The van der Waals surface area contributed by atoms with Gasteiger partial charge in [-0.15, -0.1) is 0 Å². The average Bonchev–Trinajstić information content (AvgIpc) is 2.42. The molecular formula is C25H48O2. The fourth-order valence-electron chi connectivity index (χ4n) is 4.68. The van der Waals surface area contributed by atoms with Crippen molar-refractivity contribution in [2.24, 2.45) is 39.4 Å². The molecule has 0 N–H and O–H groups in total. The molecule has 0 amide bonds. The molecule has 3 unspecified atom stereocenters. The molecular weight excluding hydrogens is 332 g/mol. The second kappa shape index (κ2) is 8.07. The maximum atomic E-state index is 13.3. The van der Waals surface area contributed by atoms with E-state index < -0.39 is 5.41 Å². The summed E-state index contributed by atoms with van der Waals surface area (Å²) in [5, 5.41) is 0. The van der Waals surface area contributed by atoms with Crippen LogP contribution in [0.2, 0.25) is 0 Å². The second-order valence-electron chi connectivity index (χ2n) is 13.2. The van der Waals surface area contributed by atoms with Gasteiger partial charge in [0.25, 0.3) is 0 Å². The summed E-state index contributed by atoms with van der Waals surface area (Å²) in [6, 6.07) is 0. The molecule has 1 aliphatic rings. The normalized spacial score (nSPS) is 27.4. The summed E-state index contributed by atoms with van der Waals surface area (Å²) in [5.41, 5.74) is 0.180. The van der Waals surface area contributed by atoms with Gasteiger partial charge in [-0.1, -0.05) is 76.2 Å². The number of rotatable bonds is 4. The van der Waals surface area contributed by atoms with Crippen molar-refractivity contribution >= 4 is 5.97 Å². The lowest BCUT2D eigenvalue weighted by Gasteiger charge is -2.46. The van der Waals surface area contributed by atoms with E-state index in [2.05, 4.69) is 83.1 Å². The molecule has 0 aliphatic heterocycles. The summed E-state index contributed by atoms with van der Waals surface area (Å²) in [6.45, 7) is 27.1. The lowest BCUT2D eigenvalue weighted by Crippen LogP contribution is -2.44. The molecule has 0 aromatic carbocycles. The zero-order chi connectivity index (χ0) is 21.4. The number of carbonyl (C=O) groups excluding carboxylic acids is 1. The predicted octanol–water partition coefficient (Wildman–Crippen LogP) is 7.51. The van der Waals surface area contributed by atoms with Gasteiger partial charge in [0.2, 0.25) is 0 Å². The minimum absolute atomic E-state index is 0.0136. The lowest BCUT2D eigenvalue weighted by atomic mass is 9.62. The molecule has 160 valence electrons. The first kappa shape index (κ1) is 24.5. The van der Waals surface area contributed by atoms with Gasteiger partial charge in [0.15, 0.2) is 0 Å². The average molecular weight is 381 g/mol. The summed E-state index contributed by atoms with van der Waals surface area (Å²) in [6.07, 6.45) is 4.16. The molecule has 0 aromatic heterocycles. The van der Waals surface area contributed by atoms with Crippen molar-refractivity contribution in [3.05, 3.63) is 0 Å². The third-order valence-electron chi connectivity index (χ3n) is 7.03. The van der Waals surface area contributed by atoms with Crippen LogP contribution in [0, 0.1) is 39.4 Å². The smallest absolute Gasteiger partial charge is 0.312 e. The van der Waals surface area contributed by atoms with E-state index >= 15 is 0 Å². The van der Waals surface area contributed by atoms with Crippen molar-refractivity contribution in [1.82, 2.24) is 0 Å². The molecule has 1 fully saturated rings. The highest BCUT2D eigenvalue weighted by molar-refractivity contribution is 5.77. The van der Waals surface area contributed by atoms with Gasteiger partial charge in [-0.3, -0.25) is 4.79 Å². The quantitative estimate of drug-likeness (QED) is 0.472. The molecule has 27 heavy (non-hydrogen) atoms. The zero-order valence-electron chi connectivity index (χ0n) is 20.5. The van der Waals surface area contributed by atoms with Crippen molar-refractivity contribution in [3.63, 3.8) is 0 Å². The van der Waals surface area contributed by atoms with Gasteiger partial charge in [-0.2, -0.15) is 0 Å². The molecule has 0 bridgehead atoms. The Morgan fingerprint density at radius 3 is 1.52 bits per heavy atom. The summed E-state index contributed by atoms with van der Waals surface area (Å²) in [4.78, 5) is 13.3. The molecule has 2 heteroatoms. The highest BCUT2D eigenvalue weighted by Gasteiger charge is 2.45. The predicted molar refractivity (Wildman–Crippen MR) is 117 cm³/mol. The van der Waals surface area contributed by atoms with Crippen LogP contribution in [0.15, 0.2) is 0 Å². The number of carbonyl (C=O) groups is 1. The van der Waals surface area contributed by atoms with Gasteiger partial charge < -0.3 is 4.74 Å². The van der Waals surface area contributed by atoms with Crippen LogP contribution in [0.1, 0.15) is 109 Å². The highest BCUT2D eigenvalue weighted by atomic mass is 16.5. The number of ether oxygens (including phenoxy) is 1. The van der Waals surface area contributed by atoms with Crippen molar-refractivity contribution in [1.29, 1.82) is 0 Å². The van der Waals surface area contributed by atoms with Crippen molar-refractivity contribution in [2.45, 2.75) is 115 Å². The minimum atomic E-state index is -0.426. The van der Waals surface area contributed by atoms with E-state index in [0.29, 0.717) is 11.8 Å². The molecule has 0 spiro atoms. The molecule has 3 atom stereocenters. The molecule has 0 radical (unpaired) electrons. The largest absolute Gasteiger partial charge is 0.462 e. The molecule has 0 aromatic rings. The van der Waals surface area contributed by atoms with Crippen molar-refractivity contribution < 1.29 is 9.53 Å². The third kappa shape index (κ3) is 6.79. The Morgan fingerprint density at radius 2 is 1.22 bits per heavy atom. The summed E-state index contributed by atoms with van der Waals surface area (Å²) < 4.78 is 6.28. The van der Waals surface area contributed by atoms with Crippen molar-refractivity contribution in [3.8, 4) is 0 Å². The summed E-state index contributed by atoms with van der Waals surface area (Å²) in [5.74, 6) is 1.48. The van der Waals surface area contributed by atoms with E-state index in [1.165, 1.54) is 6.42 Å². The van der Waals surface area contributed by atoms with Crippen LogP contribution in [0.25, 0.3) is 0 Å². The maximum absolute atomic E-state index is 13.3. The van der Waals surface area contributed by atoms with Gasteiger partial charge >= 0.3 is 5.97 Å². The fraction of sp³-hybridized carbons (Fsp3) is 0.960. The van der Waals surface area contributed by atoms with E-state index in [9.17, 15) is 4.79 Å². The van der Waals surface area contributed by atoms with E-state index in [-0.39, 0.29) is 34.2 Å². The van der Waals surface area contributed by atoms with Crippen LogP contribution in [0.5, 0.6) is 0 Å². The highest BCUT2D eigenvalue weighted by Crippen LogP contribution is 2.48. The van der Waals surface area contributed by atoms with E-state index in [4.69, 9.17) is 4.74 Å². The summed E-state index contributed by atoms with van der Waals surface area (Å²) in [7, 11) is 0. The topological polar surface area (TPSA) is 26.3 Å². The Balaban J connectivity index is 3.03. The van der Waals surface area contributed by atoms with Gasteiger partial charge in [0.05, 0.1) is 5.41 Å². The van der Waals surface area contributed by atoms with Crippen LogP contribution in [-0.4, -0.2) is 12.1 Å². The molecule has 1 rings (SSSR count). The Bertz CT molecular complexity index is 476. The first-order valence-electron chi connectivity index (χ1n) is 11.1. The molecule has 0 saturated heterocycles. The SMILES string of the molecule is CC(C)C(C)(CC(C)(C)C)C(=O)OC1CC(C(C)(C)C)CC(C(C)(C)C)C1. The maximum Gasteiger partial charge on any atom is 0.312 e. The Hall–Kier alpha value is -0.530. The first-order chi connectivity index (χ1) is 11.9. The van der Waals surface area contributed by atoms with E-state index in [0.717, 1.165) is 19.3 Å². The number of hydrogen-bond donors (Lipinski definition) is 0. The van der Waals surface area contributed by atoms with Crippen LogP contribution in [0.3, 0.4) is 0 Å². The van der Waals surface area contributed by atoms with E-state index in [1.807, 2.05) is 0 Å². The van der Waals surface area contributed by atoms with Crippen molar-refractivity contribution in [2.75, 3.05) is 0 Å². The van der Waals surface area contributed by atoms with E-state index in [1.54, 1.807) is 0 Å². The van der Waals surface area contributed by atoms with Crippen LogP contribution in [0.4, 0.5) is 0 Å². The summed E-state index contributed by atoms with van der Waals surface area (Å²) >= 11 is 0. The number of hydrogen-bond acceptors (Lipinski definition) is 2. The molecule has 1 aliphatic carbocycles. The van der Waals surface area contributed by atoms with Gasteiger partial charge in [-0.05, 0) is 66.6 Å². The van der Waals surface area contributed by atoms with Gasteiger partial charge in [0, 0.05) is 0 Å². The van der Waals surface area contributed by atoms with Crippen LogP contribution >= 0.6 is 0 Å².